The van der Waals surface area contributed by atoms with Crippen molar-refractivity contribution in [2.24, 2.45) is 0 Å². The average molecular weight is 421 g/mol. The van der Waals surface area contributed by atoms with Crippen LogP contribution < -0.4 is 10.9 Å². The molecule has 0 aliphatic rings. The van der Waals surface area contributed by atoms with Gasteiger partial charge in [-0.05, 0) is 49.7 Å². The van der Waals surface area contributed by atoms with Gasteiger partial charge in [-0.25, -0.2) is 4.98 Å². The number of likely N-dealkylation sites (N-methyl/N-ethyl adjacent to an activating group) is 1. The van der Waals surface area contributed by atoms with Crippen LogP contribution in [0.2, 0.25) is 0 Å². The van der Waals surface area contributed by atoms with Gasteiger partial charge in [0.1, 0.15) is 4.88 Å². The van der Waals surface area contributed by atoms with Crippen molar-refractivity contribution in [3.63, 3.8) is 0 Å². The molecule has 2 aromatic carbocycles. The van der Waals surface area contributed by atoms with E-state index in [1.165, 1.54) is 23.0 Å². The van der Waals surface area contributed by atoms with E-state index in [9.17, 15) is 9.59 Å². The highest BCUT2D eigenvalue weighted by Crippen LogP contribution is 2.22. The summed E-state index contributed by atoms with van der Waals surface area (Å²) in [4.78, 5) is 32.9. The van der Waals surface area contributed by atoms with Gasteiger partial charge in [-0.2, -0.15) is 0 Å². The minimum absolute atomic E-state index is 0.235. The zero-order valence-corrected chi connectivity index (χ0v) is 18.1. The van der Waals surface area contributed by atoms with Gasteiger partial charge in [-0.15, -0.1) is 0 Å². The van der Waals surface area contributed by atoms with Crippen LogP contribution in [-0.4, -0.2) is 40.3 Å². The summed E-state index contributed by atoms with van der Waals surface area (Å²) >= 11 is 1.23. The lowest BCUT2D eigenvalue weighted by molar-refractivity contribution is 0.0953. The molecule has 1 N–H and O–H groups in total. The number of aryl methyl sites for hydroxylation is 2. The molecule has 154 valence electrons. The van der Waals surface area contributed by atoms with Crippen LogP contribution in [-0.2, 0) is 6.54 Å². The standard InChI is InChI=1S/C23H24N4O2S/c1-15-11-18-19(12-16(15)2)27-21(28)13-20(30-23(27)25-18)22(29)24-9-10-26(3)14-17-7-5-4-6-8-17/h4-8,11-13H,9-10,14H2,1-3H3,(H,24,29). The molecule has 0 atom stereocenters. The molecule has 4 rings (SSSR count). The van der Waals surface area contributed by atoms with Crippen molar-refractivity contribution in [3.05, 3.63) is 80.5 Å². The highest BCUT2D eigenvalue weighted by Gasteiger charge is 2.15. The van der Waals surface area contributed by atoms with E-state index < -0.39 is 0 Å². The van der Waals surface area contributed by atoms with E-state index in [-0.39, 0.29) is 11.5 Å². The van der Waals surface area contributed by atoms with Gasteiger partial charge in [-0.3, -0.25) is 14.0 Å². The molecule has 0 spiro atoms. The Morgan fingerprint density at radius 3 is 2.63 bits per heavy atom. The number of amides is 1. The normalized spacial score (nSPS) is 11.5. The first-order valence-corrected chi connectivity index (χ1v) is 10.7. The SMILES string of the molecule is Cc1cc2nc3sc(C(=O)NCCN(C)Cc4ccccc4)cc(=O)n3c2cc1C. The molecule has 6 nitrogen and oxygen atoms in total. The largest absolute Gasteiger partial charge is 0.350 e. The van der Waals surface area contributed by atoms with Crippen molar-refractivity contribution in [1.82, 2.24) is 19.6 Å². The van der Waals surface area contributed by atoms with E-state index in [0.29, 0.717) is 22.9 Å². The monoisotopic (exact) mass is 420 g/mol. The topological polar surface area (TPSA) is 66.7 Å². The number of imidazole rings is 1. The molecule has 2 heterocycles. The number of benzene rings is 2. The molecule has 0 bridgehead atoms. The second-order valence-electron chi connectivity index (χ2n) is 7.58. The summed E-state index contributed by atoms with van der Waals surface area (Å²) in [5.74, 6) is -0.243. The molecule has 0 saturated heterocycles. The van der Waals surface area contributed by atoms with Gasteiger partial charge in [0, 0.05) is 25.7 Å². The second-order valence-corrected chi connectivity index (χ2v) is 8.59. The molecule has 30 heavy (non-hydrogen) atoms. The smallest absolute Gasteiger partial charge is 0.261 e. The predicted octanol–water partition coefficient (Wildman–Crippen LogP) is 3.39. The average Bonchev–Trinajstić information content (AvgIpc) is 3.06. The van der Waals surface area contributed by atoms with E-state index in [1.54, 1.807) is 4.40 Å². The molecular formula is C23H24N4O2S. The lowest BCUT2D eigenvalue weighted by Crippen LogP contribution is -2.33. The first kappa shape index (κ1) is 20.3. The first-order valence-electron chi connectivity index (χ1n) is 9.86. The molecule has 0 radical (unpaired) electrons. The molecule has 7 heteroatoms. The number of hydrogen-bond acceptors (Lipinski definition) is 5. The minimum Gasteiger partial charge on any atom is -0.350 e. The van der Waals surface area contributed by atoms with Crippen LogP contribution in [0.1, 0.15) is 26.4 Å². The van der Waals surface area contributed by atoms with Crippen molar-refractivity contribution in [1.29, 1.82) is 0 Å². The Morgan fingerprint density at radius 2 is 1.87 bits per heavy atom. The lowest BCUT2D eigenvalue weighted by atomic mass is 10.1. The number of carbonyl (C=O) groups is 1. The van der Waals surface area contributed by atoms with E-state index in [1.807, 2.05) is 51.2 Å². The van der Waals surface area contributed by atoms with E-state index in [2.05, 4.69) is 27.3 Å². The van der Waals surface area contributed by atoms with Crippen LogP contribution in [0, 0.1) is 13.8 Å². The summed E-state index contributed by atoms with van der Waals surface area (Å²) in [5, 5.41) is 2.91. The van der Waals surface area contributed by atoms with Gasteiger partial charge in [-0.1, -0.05) is 41.7 Å². The van der Waals surface area contributed by atoms with E-state index >= 15 is 0 Å². The third-order valence-corrected chi connectivity index (χ3v) is 6.19. The maximum atomic E-state index is 12.7. The fourth-order valence-electron chi connectivity index (χ4n) is 3.43. The Morgan fingerprint density at radius 1 is 1.13 bits per heavy atom. The van der Waals surface area contributed by atoms with Gasteiger partial charge >= 0.3 is 0 Å². The van der Waals surface area contributed by atoms with Crippen LogP contribution in [0.15, 0.2) is 53.3 Å². The third-order valence-electron chi connectivity index (χ3n) is 5.21. The van der Waals surface area contributed by atoms with Crippen molar-refractivity contribution < 1.29 is 4.79 Å². The summed E-state index contributed by atoms with van der Waals surface area (Å²) < 4.78 is 1.58. The minimum atomic E-state index is -0.243. The number of rotatable bonds is 6. The number of fused-ring (bicyclic) bond motifs is 3. The summed E-state index contributed by atoms with van der Waals surface area (Å²) in [7, 11) is 2.02. The Kier molecular flexibility index (Phi) is 5.65. The Balaban J connectivity index is 1.47. The number of aromatic nitrogens is 2. The molecule has 0 saturated carbocycles. The second kappa shape index (κ2) is 8.38. The summed E-state index contributed by atoms with van der Waals surface area (Å²) in [5.41, 5.74) is 4.78. The third kappa shape index (κ3) is 4.13. The zero-order chi connectivity index (χ0) is 21.3. The quantitative estimate of drug-likeness (QED) is 0.519. The van der Waals surface area contributed by atoms with Crippen molar-refractivity contribution in [2.75, 3.05) is 20.1 Å². The molecule has 0 aliphatic heterocycles. The highest BCUT2D eigenvalue weighted by molar-refractivity contribution is 7.18. The fraction of sp³-hybridized carbons (Fsp3) is 0.261. The fourth-order valence-corrected chi connectivity index (χ4v) is 4.37. The lowest BCUT2D eigenvalue weighted by Gasteiger charge is -2.16. The van der Waals surface area contributed by atoms with Gasteiger partial charge in [0.15, 0.2) is 4.96 Å². The highest BCUT2D eigenvalue weighted by atomic mass is 32.1. The Hall–Kier alpha value is -3.03. The van der Waals surface area contributed by atoms with Crippen molar-refractivity contribution in [2.45, 2.75) is 20.4 Å². The van der Waals surface area contributed by atoms with E-state index in [4.69, 9.17) is 0 Å². The van der Waals surface area contributed by atoms with Crippen LogP contribution >= 0.6 is 11.3 Å². The van der Waals surface area contributed by atoms with Gasteiger partial charge in [0.2, 0.25) is 0 Å². The first-order chi connectivity index (χ1) is 14.4. The summed E-state index contributed by atoms with van der Waals surface area (Å²) in [6, 6.07) is 15.6. The molecule has 0 aliphatic carbocycles. The molecule has 4 aromatic rings. The Labute approximate surface area is 178 Å². The predicted molar refractivity (Wildman–Crippen MR) is 121 cm³/mol. The summed E-state index contributed by atoms with van der Waals surface area (Å²) in [6.45, 7) is 6.06. The van der Waals surface area contributed by atoms with E-state index in [0.717, 1.165) is 28.7 Å². The van der Waals surface area contributed by atoms with Crippen LogP contribution in [0.25, 0.3) is 16.0 Å². The van der Waals surface area contributed by atoms with Crippen LogP contribution in [0.5, 0.6) is 0 Å². The van der Waals surface area contributed by atoms with Gasteiger partial charge in [0.25, 0.3) is 11.5 Å². The number of nitrogens with one attached hydrogen (secondary N) is 1. The van der Waals surface area contributed by atoms with Crippen LogP contribution in [0.3, 0.4) is 0 Å². The maximum Gasteiger partial charge on any atom is 0.261 e. The molecular weight excluding hydrogens is 396 g/mol. The molecule has 1 amide bonds. The molecule has 2 aromatic heterocycles. The summed E-state index contributed by atoms with van der Waals surface area (Å²) in [6.07, 6.45) is 0. The zero-order valence-electron chi connectivity index (χ0n) is 17.3. The van der Waals surface area contributed by atoms with Crippen molar-refractivity contribution in [3.8, 4) is 0 Å². The number of hydrogen-bond donors (Lipinski definition) is 1. The molecule has 0 fully saturated rings. The van der Waals surface area contributed by atoms with Crippen molar-refractivity contribution >= 4 is 33.2 Å². The maximum absolute atomic E-state index is 12.7. The van der Waals surface area contributed by atoms with Gasteiger partial charge < -0.3 is 10.2 Å². The Bertz CT molecular complexity index is 1280. The van der Waals surface area contributed by atoms with Crippen LogP contribution in [0.4, 0.5) is 0 Å². The number of carbonyl (C=O) groups excluding carboxylic acids is 1. The molecule has 0 unspecified atom stereocenters. The number of nitrogens with zero attached hydrogens (tertiary/aromatic N) is 3. The van der Waals surface area contributed by atoms with Gasteiger partial charge in [0.05, 0.1) is 11.0 Å².